The zero-order valence-corrected chi connectivity index (χ0v) is 12.9. The van der Waals surface area contributed by atoms with Gasteiger partial charge in [0.2, 0.25) is 5.91 Å². The summed E-state index contributed by atoms with van der Waals surface area (Å²) in [6.45, 7) is 10.9. The number of nitrogens with zero attached hydrogens (tertiary/aromatic N) is 1. The maximum atomic E-state index is 12.2. The predicted molar refractivity (Wildman–Crippen MR) is 77.9 cm³/mol. The highest BCUT2D eigenvalue weighted by Crippen LogP contribution is 2.15. The molecular weight excluding hydrogens is 240 g/mol. The van der Waals surface area contributed by atoms with E-state index in [1.54, 1.807) is 0 Å². The van der Waals surface area contributed by atoms with E-state index < -0.39 is 0 Å². The monoisotopic (exact) mass is 270 g/mol. The van der Waals surface area contributed by atoms with Crippen molar-refractivity contribution < 1.29 is 9.53 Å². The molecule has 1 aliphatic heterocycles. The summed E-state index contributed by atoms with van der Waals surface area (Å²) < 4.78 is 5.56. The average Bonchev–Trinajstić information content (AvgIpc) is 2.62. The molecule has 0 aromatic carbocycles. The minimum absolute atomic E-state index is 0.0338. The van der Waals surface area contributed by atoms with Crippen LogP contribution in [0.1, 0.15) is 53.4 Å². The van der Waals surface area contributed by atoms with E-state index in [1.165, 1.54) is 0 Å². The van der Waals surface area contributed by atoms with Crippen molar-refractivity contribution in [2.75, 3.05) is 19.8 Å². The fourth-order valence-electron chi connectivity index (χ4n) is 2.42. The molecule has 4 nitrogen and oxygen atoms in total. The molecule has 2 atom stereocenters. The van der Waals surface area contributed by atoms with Crippen LogP contribution in [0.3, 0.4) is 0 Å². The first kappa shape index (κ1) is 16.4. The molecule has 1 heterocycles. The Bertz CT molecular complexity index is 269. The minimum Gasteiger partial charge on any atom is -0.381 e. The van der Waals surface area contributed by atoms with Crippen molar-refractivity contribution in [3.63, 3.8) is 0 Å². The van der Waals surface area contributed by atoms with Crippen molar-refractivity contribution in [3.8, 4) is 0 Å². The van der Waals surface area contributed by atoms with E-state index in [4.69, 9.17) is 4.74 Å². The van der Waals surface area contributed by atoms with E-state index >= 15 is 0 Å². The quantitative estimate of drug-likeness (QED) is 0.654. The number of rotatable bonds is 9. The summed E-state index contributed by atoms with van der Waals surface area (Å²) in [6, 6.07) is 0.0338. The van der Waals surface area contributed by atoms with Gasteiger partial charge in [0.15, 0.2) is 0 Å². The second-order valence-corrected chi connectivity index (χ2v) is 5.89. The molecule has 1 saturated heterocycles. The number of carbonyl (C=O) groups is 1. The molecule has 1 N–H and O–H groups in total. The number of ether oxygens (including phenoxy) is 1. The van der Waals surface area contributed by atoms with Crippen LogP contribution < -0.4 is 5.32 Å². The van der Waals surface area contributed by atoms with Gasteiger partial charge < -0.3 is 9.64 Å². The van der Waals surface area contributed by atoms with Crippen molar-refractivity contribution >= 4 is 5.91 Å². The SMILES string of the molecule is CCCCC1NC(C)N(CCCOCC(C)C)C1=O. The lowest BCUT2D eigenvalue weighted by Crippen LogP contribution is -2.35. The third-order valence-corrected chi connectivity index (χ3v) is 3.48. The molecule has 0 bridgehead atoms. The Labute approximate surface area is 117 Å². The maximum Gasteiger partial charge on any atom is 0.241 e. The van der Waals surface area contributed by atoms with Crippen LogP contribution >= 0.6 is 0 Å². The van der Waals surface area contributed by atoms with E-state index in [-0.39, 0.29) is 18.1 Å². The molecule has 0 radical (unpaired) electrons. The second-order valence-electron chi connectivity index (χ2n) is 5.89. The fourth-order valence-corrected chi connectivity index (χ4v) is 2.42. The molecule has 2 unspecified atom stereocenters. The molecule has 1 rings (SSSR count). The number of nitrogens with one attached hydrogen (secondary N) is 1. The summed E-state index contributed by atoms with van der Waals surface area (Å²) in [5.74, 6) is 0.845. The average molecular weight is 270 g/mol. The Morgan fingerprint density at radius 1 is 1.37 bits per heavy atom. The van der Waals surface area contributed by atoms with Crippen molar-refractivity contribution in [1.29, 1.82) is 0 Å². The number of carbonyl (C=O) groups excluding carboxylic acids is 1. The molecule has 0 aliphatic carbocycles. The Balaban J connectivity index is 2.23. The Morgan fingerprint density at radius 2 is 2.11 bits per heavy atom. The third-order valence-electron chi connectivity index (χ3n) is 3.48. The van der Waals surface area contributed by atoms with Crippen LogP contribution in [0.4, 0.5) is 0 Å². The van der Waals surface area contributed by atoms with Gasteiger partial charge in [-0.1, -0.05) is 33.6 Å². The van der Waals surface area contributed by atoms with Crippen LogP contribution in [0, 0.1) is 5.92 Å². The first-order chi connectivity index (χ1) is 9.06. The van der Waals surface area contributed by atoms with Crippen LogP contribution in [0.25, 0.3) is 0 Å². The Morgan fingerprint density at radius 3 is 2.74 bits per heavy atom. The van der Waals surface area contributed by atoms with Crippen molar-refractivity contribution in [2.45, 2.75) is 65.6 Å². The molecule has 0 aromatic rings. The third kappa shape index (κ3) is 5.49. The van der Waals surface area contributed by atoms with Gasteiger partial charge >= 0.3 is 0 Å². The first-order valence-electron chi connectivity index (χ1n) is 7.70. The predicted octanol–water partition coefficient (Wildman–Crippen LogP) is 2.39. The summed E-state index contributed by atoms with van der Waals surface area (Å²) in [7, 11) is 0. The highest BCUT2D eigenvalue weighted by atomic mass is 16.5. The van der Waals surface area contributed by atoms with Crippen LogP contribution in [0.15, 0.2) is 0 Å². The zero-order chi connectivity index (χ0) is 14.3. The first-order valence-corrected chi connectivity index (χ1v) is 7.70. The van der Waals surface area contributed by atoms with E-state index in [0.717, 1.165) is 45.4 Å². The number of amides is 1. The van der Waals surface area contributed by atoms with Crippen LogP contribution in [0.2, 0.25) is 0 Å². The smallest absolute Gasteiger partial charge is 0.241 e. The highest BCUT2D eigenvalue weighted by Gasteiger charge is 2.35. The van der Waals surface area contributed by atoms with Gasteiger partial charge in [-0.2, -0.15) is 0 Å². The standard InChI is InChI=1S/C15H30N2O2/c1-5-6-8-14-15(18)17(13(4)16-14)9-7-10-19-11-12(2)3/h12-14,16H,5-11H2,1-4H3. The van der Waals surface area contributed by atoms with Crippen molar-refractivity contribution in [2.24, 2.45) is 5.92 Å². The van der Waals surface area contributed by atoms with Gasteiger partial charge in [-0.05, 0) is 25.7 Å². The van der Waals surface area contributed by atoms with E-state index in [2.05, 4.69) is 33.0 Å². The fraction of sp³-hybridized carbons (Fsp3) is 0.933. The molecule has 0 spiro atoms. The van der Waals surface area contributed by atoms with Crippen LogP contribution in [-0.4, -0.2) is 42.8 Å². The topological polar surface area (TPSA) is 41.6 Å². The molecule has 112 valence electrons. The van der Waals surface area contributed by atoms with E-state index in [0.29, 0.717) is 5.92 Å². The maximum absolute atomic E-state index is 12.2. The zero-order valence-electron chi connectivity index (χ0n) is 12.9. The van der Waals surface area contributed by atoms with Gasteiger partial charge in [-0.3, -0.25) is 10.1 Å². The Kier molecular flexibility index (Phi) is 7.39. The minimum atomic E-state index is 0.0338. The molecule has 1 fully saturated rings. The second kappa shape index (κ2) is 8.54. The number of unbranched alkanes of at least 4 members (excludes halogenated alkanes) is 1. The lowest BCUT2D eigenvalue weighted by molar-refractivity contribution is -0.130. The summed E-state index contributed by atoms with van der Waals surface area (Å²) in [6.07, 6.45) is 4.30. The molecule has 1 amide bonds. The molecule has 1 aliphatic rings. The summed E-state index contributed by atoms with van der Waals surface area (Å²) in [4.78, 5) is 14.2. The normalized spacial score (nSPS) is 23.6. The van der Waals surface area contributed by atoms with Gasteiger partial charge in [0, 0.05) is 19.8 Å². The highest BCUT2D eigenvalue weighted by molar-refractivity contribution is 5.84. The summed E-state index contributed by atoms with van der Waals surface area (Å²) in [5.41, 5.74) is 0. The lowest BCUT2D eigenvalue weighted by Gasteiger charge is -2.20. The summed E-state index contributed by atoms with van der Waals surface area (Å²) in [5, 5.41) is 3.38. The van der Waals surface area contributed by atoms with Crippen LogP contribution in [0.5, 0.6) is 0 Å². The van der Waals surface area contributed by atoms with Gasteiger partial charge in [0.05, 0.1) is 12.2 Å². The largest absolute Gasteiger partial charge is 0.381 e. The lowest BCUT2D eigenvalue weighted by atomic mass is 10.1. The van der Waals surface area contributed by atoms with Crippen molar-refractivity contribution in [3.05, 3.63) is 0 Å². The van der Waals surface area contributed by atoms with E-state index in [1.807, 2.05) is 4.90 Å². The molecule has 19 heavy (non-hydrogen) atoms. The summed E-state index contributed by atoms with van der Waals surface area (Å²) >= 11 is 0. The molecule has 4 heteroatoms. The number of hydrogen-bond acceptors (Lipinski definition) is 3. The van der Waals surface area contributed by atoms with Gasteiger partial charge in [-0.15, -0.1) is 0 Å². The number of hydrogen-bond donors (Lipinski definition) is 1. The van der Waals surface area contributed by atoms with Gasteiger partial charge in [0.25, 0.3) is 0 Å². The molecule has 0 saturated carbocycles. The Hall–Kier alpha value is -0.610. The van der Waals surface area contributed by atoms with Gasteiger partial charge in [0.1, 0.15) is 0 Å². The van der Waals surface area contributed by atoms with Gasteiger partial charge in [-0.25, -0.2) is 0 Å². The van der Waals surface area contributed by atoms with Crippen LogP contribution in [-0.2, 0) is 9.53 Å². The van der Waals surface area contributed by atoms with Crippen molar-refractivity contribution in [1.82, 2.24) is 10.2 Å². The van der Waals surface area contributed by atoms with E-state index in [9.17, 15) is 4.79 Å². The molecule has 0 aromatic heterocycles. The molecular formula is C15H30N2O2.